The molecule has 0 aromatic rings. The summed E-state index contributed by atoms with van der Waals surface area (Å²) in [6.07, 6.45) is 4.89. The first-order valence-corrected chi connectivity index (χ1v) is 6.55. The van der Waals surface area contributed by atoms with E-state index in [1.165, 1.54) is 6.42 Å². The summed E-state index contributed by atoms with van der Waals surface area (Å²) in [6.45, 7) is 8.10. The van der Waals surface area contributed by atoms with Crippen LogP contribution in [0, 0.1) is 5.92 Å². The van der Waals surface area contributed by atoms with Crippen molar-refractivity contribution >= 4 is 5.97 Å². The summed E-state index contributed by atoms with van der Waals surface area (Å²) in [5, 5.41) is 9.59. The van der Waals surface area contributed by atoms with Crippen molar-refractivity contribution in [2.75, 3.05) is 13.1 Å². The zero-order chi connectivity index (χ0) is 12.2. The molecule has 1 saturated carbocycles. The second-order valence-electron chi connectivity index (χ2n) is 5.12. The Morgan fingerprint density at radius 1 is 1.50 bits per heavy atom. The quantitative estimate of drug-likeness (QED) is 0.785. The fourth-order valence-electron chi connectivity index (χ4n) is 3.08. The molecule has 0 radical (unpaired) electrons. The number of carboxylic acid groups (broad SMARTS) is 1. The van der Waals surface area contributed by atoms with Crippen molar-refractivity contribution in [3.63, 3.8) is 0 Å². The Balaban J connectivity index is 2.89. The van der Waals surface area contributed by atoms with E-state index < -0.39 is 11.5 Å². The predicted octanol–water partition coefficient (Wildman–Crippen LogP) is 2.75. The van der Waals surface area contributed by atoms with Crippen molar-refractivity contribution in [3.05, 3.63) is 0 Å². The highest BCUT2D eigenvalue weighted by atomic mass is 16.4. The first kappa shape index (κ1) is 13.5. The molecule has 3 nitrogen and oxygen atoms in total. The third kappa shape index (κ3) is 2.57. The normalized spacial score (nSPS) is 30.6. The van der Waals surface area contributed by atoms with Crippen LogP contribution < -0.4 is 0 Å². The summed E-state index contributed by atoms with van der Waals surface area (Å²) >= 11 is 0. The van der Waals surface area contributed by atoms with Gasteiger partial charge < -0.3 is 5.11 Å². The van der Waals surface area contributed by atoms with Crippen LogP contribution in [0.4, 0.5) is 0 Å². The number of carbonyl (C=O) groups is 1. The maximum Gasteiger partial charge on any atom is 0.324 e. The number of nitrogens with zero attached hydrogens (tertiary/aromatic N) is 1. The Hall–Kier alpha value is -0.570. The molecule has 1 N–H and O–H groups in total. The van der Waals surface area contributed by atoms with Gasteiger partial charge in [0, 0.05) is 0 Å². The molecule has 0 spiro atoms. The molecule has 1 rings (SSSR count). The number of aliphatic carboxylic acids is 1. The van der Waals surface area contributed by atoms with Crippen LogP contribution >= 0.6 is 0 Å². The molecule has 2 atom stereocenters. The predicted molar refractivity (Wildman–Crippen MR) is 65.5 cm³/mol. The summed E-state index contributed by atoms with van der Waals surface area (Å²) in [5.41, 5.74) is -0.581. The number of carboxylic acids is 1. The minimum Gasteiger partial charge on any atom is -0.480 e. The minimum atomic E-state index is -0.616. The van der Waals surface area contributed by atoms with E-state index in [-0.39, 0.29) is 0 Å². The zero-order valence-electron chi connectivity index (χ0n) is 10.8. The zero-order valence-corrected chi connectivity index (χ0v) is 10.8. The molecule has 1 fully saturated rings. The molecule has 0 aliphatic heterocycles. The van der Waals surface area contributed by atoms with Crippen molar-refractivity contribution in [1.82, 2.24) is 4.90 Å². The number of hydrogen-bond acceptors (Lipinski definition) is 2. The summed E-state index contributed by atoms with van der Waals surface area (Å²) < 4.78 is 0. The standard InChI is InChI=1S/C13H25NO2/c1-4-9-14(5-2)13(12(15)16)8-6-7-11(3)10-13/h11H,4-10H2,1-3H3,(H,15,16). The molecule has 0 heterocycles. The number of hydrogen-bond donors (Lipinski definition) is 1. The Kier molecular flexibility index (Phi) is 4.78. The molecule has 0 aromatic heterocycles. The van der Waals surface area contributed by atoms with Crippen molar-refractivity contribution in [2.24, 2.45) is 5.92 Å². The van der Waals surface area contributed by atoms with Crippen LogP contribution in [-0.4, -0.2) is 34.6 Å². The molecular formula is C13H25NO2. The van der Waals surface area contributed by atoms with Crippen LogP contribution in [0.2, 0.25) is 0 Å². The van der Waals surface area contributed by atoms with Gasteiger partial charge in [0.05, 0.1) is 0 Å². The van der Waals surface area contributed by atoms with Gasteiger partial charge in [0.25, 0.3) is 0 Å². The van der Waals surface area contributed by atoms with Crippen molar-refractivity contribution < 1.29 is 9.90 Å². The van der Waals surface area contributed by atoms with E-state index in [1.807, 2.05) is 0 Å². The monoisotopic (exact) mass is 227 g/mol. The van der Waals surface area contributed by atoms with Crippen LogP contribution in [0.1, 0.15) is 52.9 Å². The summed E-state index contributed by atoms with van der Waals surface area (Å²) in [4.78, 5) is 13.8. The molecule has 0 bridgehead atoms. The van der Waals surface area contributed by atoms with Gasteiger partial charge in [0.15, 0.2) is 0 Å². The van der Waals surface area contributed by atoms with Gasteiger partial charge in [0.1, 0.15) is 5.54 Å². The first-order valence-electron chi connectivity index (χ1n) is 6.55. The minimum absolute atomic E-state index is 0.538. The van der Waals surface area contributed by atoms with Gasteiger partial charge in [-0.05, 0) is 38.3 Å². The van der Waals surface area contributed by atoms with Crippen LogP contribution in [0.25, 0.3) is 0 Å². The molecule has 0 saturated heterocycles. The molecular weight excluding hydrogens is 202 g/mol. The number of likely N-dealkylation sites (N-methyl/N-ethyl adjacent to an activating group) is 1. The van der Waals surface area contributed by atoms with E-state index in [4.69, 9.17) is 0 Å². The van der Waals surface area contributed by atoms with E-state index >= 15 is 0 Å². The molecule has 1 aliphatic rings. The summed E-state index contributed by atoms with van der Waals surface area (Å²) in [5.74, 6) is -0.0786. The van der Waals surface area contributed by atoms with E-state index in [0.29, 0.717) is 5.92 Å². The van der Waals surface area contributed by atoms with Gasteiger partial charge in [-0.2, -0.15) is 0 Å². The maximum absolute atomic E-state index is 11.7. The molecule has 16 heavy (non-hydrogen) atoms. The average molecular weight is 227 g/mol. The van der Waals surface area contributed by atoms with Crippen molar-refractivity contribution in [2.45, 2.75) is 58.4 Å². The van der Waals surface area contributed by atoms with Crippen molar-refractivity contribution in [3.8, 4) is 0 Å². The highest BCUT2D eigenvalue weighted by Gasteiger charge is 2.45. The summed E-state index contributed by atoms with van der Waals surface area (Å²) in [7, 11) is 0. The highest BCUT2D eigenvalue weighted by Crippen LogP contribution is 2.37. The SMILES string of the molecule is CCCN(CC)C1(C(=O)O)CCCC(C)C1. The third-order valence-electron chi connectivity index (χ3n) is 3.85. The second kappa shape index (κ2) is 5.67. The fourth-order valence-corrected chi connectivity index (χ4v) is 3.08. The van der Waals surface area contributed by atoms with Crippen LogP contribution in [0.3, 0.4) is 0 Å². The highest BCUT2D eigenvalue weighted by molar-refractivity contribution is 5.79. The lowest BCUT2D eigenvalue weighted by molar-refractivity contribution is -0.155. The van der Waals surface area contributed by atoms with Crippen LogP contribution in [0.15, 0.2) is 0 Å². The lowest BCUT2D eigenvalue weighted by Gasteiger charge is -2.44. The van der Waals surface area contributed by atoms with Gasteiger partial charge >= 0.3 is 5.97 Å². The lowest BCUT2D eigenvalue weighted by atomic mass is 9.75. The maximum atomic E-state index is 11.7. The Morgan fingerprint density at radius 2 is 2.19 bits per heavy atom. The second-order valence-corrected chi connectivity index (χ2v) is 5.12. The topological polar surface area (TPSA) is 40.5 Å². The average Bonchev–Trinajstić information content (AvgIpc) is 2.25. The number of rotatable bonds is 5. The molecule has 0 amide bonds. The van der Waals surface area contributed by atoms with Gasteiger partial charge in [-0.15, -0.1) is 0 Å². The van der Waals surface area contributed by atoms with Gasteiger partial charge in [-0.25, -0.2) is 0 Å². The Bertz CT molecular complexity index is 242. The van der Waals surface area contributed by atoms with E-state index in [2.05, 4.69) is 25.7 Å². The third-order valence-corrected chi connectivity index (χ3v) is 3.85. The summed E-state index contributed by atoms with van der Waals surface area (Å²) in [6, 6.07) is 0. The Labute approximate surface area is 98.8 Å². The molecule has 3 heteroatoms. The van der Waals surface area contributed by atoms with Gasteiger partial charge in [-0.1, -0.05) is 33.6 Å². The molecule has 94 valence electrons. The first-order chi connectivity index (χ1) is 7.56. The van der Waals surface area contributed by atoms with E-state index in [0.717, 1.165) is 38.8 Å². The molecule has 0 aromatic carbocycles. The van der Waals surface area contributed by atoms with Gasteiger partial charge in [-0.3, -0.25) is 9.69 Å². The van der Waals surface area contributed by atoms with Crippen LogP contribution in [0.5, 0.6) is 0 Å². The van der Waals surface area contributed by atoms with Gasteiger partial charge in [0.2, 0.25) is 0 Å². The lowest BCUT2D eigenvalue weighted by Crippen LogP contribution is -2.57. The van der Waals surface area contributed by atoms with Crippen LogP contribution in [-0.2, 0) is 4.79 Å². The fraction of sp³-hybridized carbons (Fsp3) is 0.923. The molecule has 1 aliphatic carbocycles. The molecule has 2 unspecified atom stereocenters. The van der Waals surface area contributed by atoms with Crippen molar-refractivity contribution in [1.29, 1.82) is 0 Å². The Morgan fingerprint density at radius 3 is 2.62 bits per heavy atom. The largest absolute Gasteiger partial charge is 0.480 e. The van der Waals surface area contributed by atoms with E-state index in [1.54, 1.807) is 0 Å². The van der Waals surface area contributed by atoms with E-state index in [9.17, 15) is 9.90 Å². The smallest absolute Gasteiger partial charge is 0.324 e.